The highest BCUT2D eigenvalue weighted by Crippen LogP contribution is 2.25. The van der Waals surface area contributed by atoms with Gasteiger partial charge in [0.25, 0.3) is 5.91 Å². The van der Waals surface area contributed by atoms with Crippen molar-refractivity contribution in [3.63, 3.8) is 0 Å². The highest BCUT2D eigenvalue weighted by Gasteiger charge is 2.19. The molecule has 0 aromatic carbocycles. The quantitative estimate of drug-likeness (QED) is 0.705. The van der Waals surface area contributed by atoms with Gasteiger partial charge in [-0.1, -0.05) is 13.0 Å². The number of carbonyl (C=O) groups excluding carboxylic acids is 1. The van der Waals surface area contributed by atoms with E-state index in [1.807, 2.05) is 32.9 Å². The topological polar surface area (TPSA) is 92.7 Å². The number of anilines is 1. The van der Waals surface area contributed by atoms with Crippen molar-refractivity contribution in [1.29, 1.82) is 0 Å². The zero-order valence-corrected chi connectivity index (χ0v) is 15.2. The van der Waals surface area contributed by atoms with Gasteiger partial charge in [0.05, 0.1) is 11.0 Å². The number of nitrogens with one attached hydrogen (secondary N) is 2. The summed E-state index contributed by atoms with van der Waals surface area (Å²) in [5.74, 6) is 0.186. The lowest BCUT2D eigenvalue weighted by Gasteiger charge is -2.14. The van der Waals surface area contributed by atoms with Gasteiger partial charge in [-0.25, -0.2) is 9.97 Å². The van der Waals surface area contributed by atoms with Crippen LogP contribution >= 0.6 is 11.3 Å². The monoisotopic (exact) mass is 356 g/mol. The molecule has 0 saturated carbocycles. The maximum Gasteiger partial charge on any atom is 0.271 e. The van der Waals surface area contributed by atoms with Crippen LogP contribution in [0.3, 0.4) is 0 Å². The van der Waals surface area contributed by atoms with E-state index in [-0.39, 0.29) is 11.9 Å². The first-order chi connectivity index (χ1) is 12.1. The Balaban J connectivity index is 1.94. The molecule has 3 rings (SSSR count). The fourth-order valence-electron chi connectivity index (χ4n) is 2.38. The van der Waals surface area contributed by atoms with Crippen molar-refractivity contribution in [1.82, 2.24) is 25.3 Å². The minimum absolute atomic E-state index is 0.0440. The SMILES string of the molecule is CCCNC(=O)c1nc(N[C@@H](C)c2cccnc2)nc2nc(C)sc12. The molecular weight excluding hydrogens is 336 g/mol. The lowest BCUT2D eigenvalue weighted by atomic mass is 10.1. The summed E-state index contributed by atoms with van der Waals surface area (Å²) in [7, 11) is 0. The Morgan fingerprint density at radius 2 is 2.16 bits per heavy atom. The molecule has 0 unspecified atom stereocenters. The van der Waals surface area contributed by atoms with Gasteiger partial charge in [0.2, 0.25) is 5.95 Å². The van der Waals surface area contributed by atoms with E-state index >= 15 is 0 Å². The largest absolute Gasteiger partial charge is 0.351 e. The van der Waals surface area contributed by atoms with E-state index in [1.165, 1.54) is 11.3 Å². The number of amides is 1. The van der Waals surface area contributed by atoms with Gasteiger partial charge in [0, 0.05) is 18.9 Å². The molecule has 0 bridgehead atoms. The number of hydrogen-bond acceptors (Lipinski definition) is 7. The molecule has 0 fully saturated rings. The number of pyridine rings is 1. The first kappa shape index (κ1) is 17.2. The molecule has 0 saturated heterocycles. The summed E-state index contributed by atoms with van der Waals surface area (Å²) >= 11 is 1.43. The minimum Gasteiger partial charge on any atom is -0.351 e. The number of rotatable bonds is 6. The van der Waals surface area contributed by atoms with Gasteiger partial charge in [0.15, 0.2) is 11.3 Å². The number of carbonyl (C=O) groups is 1. The highest BCUT2D eigenvalue weighted by atomic mass is 32.1. The second-order valence-corrected chi connectivity index (χ2v) is 6.89. The van der Waals surface area contributed by atoms with Crippen LogP contribution in [0.4, 0.5) is 5.95 Å². The van der Waals surface area contributed by atoms with Crippen LogP contribution in [-0.2, 0) is 0 Å². The second kappa shape index (κ2) is 7.52. The number of aromatic nitrogens is 4. The number of nitrogens with zero attached hydrogens (tertiary/aromatic N) is 4. The van der Waals surface area contributed by atoms with Crippen LogP contribution in [-0.4, -0.2) is 32.4 Å². The third-order valence-corrected chi connectivity index (χ3v) is 4.61. The van der Waals surface area contributed by atoms with E-state index in [0.717, 1.165) is 17.0 Å². The van der Waals surface area contributed by atoms with Crippen LogP contribution in [0.1, 0.15) is 47.4 Å². The molecule has 8 heteroatoms. The van der Waals surface area contributed by atoms with Crippen molar-refractivity contribution in [2.45, 2.75) is 33.2 Å². The summed E-state index contributed by atoms with van der Waals surface area (Å²) < 4.78 is 0.714. The van der Waals surface area contributed by atoms with Gasteiger partial charge in [0.1, 0.15) is 4.70 Å². The molecule has 7 nitrogen and oxygen atoms in total. The molecule has 25 heavy (non-hydrogen) atoms. The Hall–Kier alpha value is -2.61. The van der Waals surface area contributed by atoms with Crippen molar-refractivity contribution < 1.29 is 4.79 Å². The van der Waals surface area contributed by atoms with Gasteiger partial charge in [-0.2, -0.15) is 4.98 Å². The predicted molar refractivity (Wildman–Crippen MR) is 98.8 cm³/mol. The standard InChI is InChI=1S/C17H20N6OS/c1-4-7-19-16(24)13-14-15(21-11(3)25-14)23-17(22-13)20-10(2)12-6-5-8-18-9-12/h5-6,8-10H,4,7H2,1-3H3,(H,19,24)(H,20,22,23)/t10-/m0/s1. The Kier molecular flexibility index (Phi) is 5.18. The number of aryl methyl sites for hydroxylation is 1. The van der Waals surface area contributed by atoms with Gasteiger partial charge < -0.3 is 10.6 Å². The molecule has 0 aliphatic carbocycles. The lowest BCUT2D eigenvalue weighted by Crippen LogP contribution is -2.25. The fraction of sp³-hybridized carbons (Fsp3) is 0.353. The molecule has 0 aliphatic heterocycles. The summed E-state index contributed by atoms with van der Waals surface area (Å²) in [5, 5.41) is 6.96. The maximum atomic E-state index is 12.5. The summed E-state index contributed by atoms with van der Waals surface area (Å²) in [6, 6.07) is 3.81. The molecule has 3 aromatic heterocycles. The third-order valence-electron chi connectivity index (χ3n) is 3.64. The average molecular weight is 356 g/mol. The first-order valence-electron chi connectivity index (χ1n) is 8.18. The molecular formula is C17H20N6OS. The van der Waals surface area contributed by atoms with Crippen LogP contribution in [0, 0.1) is 6.92 Å². The van der Waals surface area contributed by atoms with Crippen molar-refractivity contribution in [3.8, 4) is 0 Å². The normalized spacial score (nSPS) is 12.1. The summed E-state index contributed by atoms with van der Waals surface area (Å²) in [6.45, 7) is 6.51. The first-order valence-corrected chi connectivity index (χ1v) is 9.00. The molecule has 1 atom stereocenters. The minimum atomic E-state index is -0.199. The van der Waals surface area contributed by atoms with E-state index in [2.05, 4.69) is 30.6 Å². The summed E-state index contributed by atoms with van der Waals surface area (Å²) in [4.78, 5) is 29.9. The van der Waals surface area contributed by atoms with Crippen LogP contribution in [0.15, 0.2) is 24.5 Å². The Morgan fingerprint density at radius 3 is 2.88 bits per heavy atom. The zero-order chi connectivity index (χ0) is 17.8. The molecule has 130 valence electrons. The zero-order valence-electron chi connectivity index (χ0n) is 14.4. The number of fused-ring (bicyclic) bond motifs is 1. The van der Waals surface area contributed by atoms with Crippen LogP contribution in [0.2, 0.25) is 0 Å². The van der Waals surface area contributed by atoms with Crippen molar-refractivity contribution in [2.75, 3.05) is 11.9 Å². The van der Waals surface area contributed by atoms with E-state index in [0.29, 0.717) is 28.5 Å². The van der Waals surface area contributed by atoms with E-state index in [1.54, 1.807) is 12.4 Å². The highest BCUT2D eigenvalue weighted by molar-refractivity contribution is 7.18. The Labute approximate surface area is 150 Å². The third kappa shape index (κ3) is 3.90. The molecule has 0 spiro atoms. The van der Waals surface area contributed by atoms with Gasteiger partial charge in [-0.15, -0.1) is 11.3 Å². The molecule has 3 heterocycles. The van der Waals surface area contributed by atoms with Gasteiger partial charge in [-0.05, 0) is 31.9 Å². The lowest BCUT2D eigenvalue weighted by molar-refractivity contribution is 0.0950. The summed E-state index contributed by atoms with van der Waals surface area (Å²) in [5.41, 5.74) is 1.92. The Morgan fingerprint density at radius 1 is 1.32 bits per heavy atom. The second-order valence-electron chi connectivity index (χ2n) is 5.69. The molecule has 0 radical (unpaired) electrons. The molecule has 2 N–H and O–H groups in total. The Bertz CT molecular complexity index is 879. The van der Waals surface area contributed by atoms with Crippen LogP contribution in [0.25, 0.3) is 10.3 Å². The van der Waals surface area contributed by atoms with Crippen molar-refractivity contribution in [2.24, 2.45) is 0 Å². The molecule has 1 amide bonds. The number of thiazole rings is 1. The van der Waals surface area contributed by atoms with Crippen LogP contribution < -0.4 is 10.6 Å². The molecule has 3 aromatic rings. The smallest absolute Gasteiger partial charge is 0.271 e. The van der Waals surface area contributed by atoms with Gasteiger partial charge >= 0.3 is 0 Å². The van der Waals surface area contributed by atoms with Crippen molar-refractivity contribution >= 4 is 33.5 Å². The summed E-state index contributed by atoms with van der Waals surface area (Å²) in [6.07, 6.45) is 4.38. The molecule has 0 aliphatic rings. The number of hydrogen-bond donors (Lipinski definition) is 2. The average Bonchev–Trinajstić information content (AvgIpc) is 2.99. The van der Waals surface area contributed by atoms with E-state index in [9.17, 15) is 4.79 Å². The van der Waals surface area contributed by atoms with Crippen molar-refractivity contribution in [3.05, 3.63) is 40.8 Å². The van der Waals surface area contributed by atoms with Crippen LogP contribution in [0.5, 0.6) is 0 Å². The maximum absolute atomic E-state index is 12.5. The fourth-order valence-corrected chi connectivity index (χ4v) is 3.22. The van der Waals surface area contributed by atoms with E-state index in [4.69, 9.17) is 0 Å². The van der Waals surface area contributed by atoms with E-state index < -0.39 is 0 Å². The predicted octanol–water partition coefficient (Wildman–Crippen LogP) is 3.10. The van der Waals surface area contributed by atoms with Gasteiger partial charge in [-0.3, -0.25) is 9.78 Å².